The van der Waals surface area contributed by atoms with E-state index in [1.807, 2.05) is 19.1 Å². The first-order valence-corrected chi connectivity index (χ1v) is 13.4. The van der Waals surface area contributed by atoms with Gasteiger partial charge in [0.05, 0.1) is 23.9 Å². The Morgan fingerprint density at radius 3 is 2.51 bits per heavy atom. The summed E-state index contributed by atoms with van der Waals surface area (Å²) in [5.41, 5.74) is 5.31. The number of hydrogen-bond acceptors (Lipinski definition) is 8. The summed E-state index contributed by atoms with van der Waals surface area (Å²) in [6, 6.07) is 13.6. The molecule has 2 aromatic carbocycles. The van der Waals surface area contributed by atoms with Gasteiger partial charge < -0.3 is 14.8 Å². The van der Waals surface area contributed by atoms with Crippen LogP contribution in [0.3, 0.4) is 0 Å². The van der Waals surface area contributed by atoms with Crippen molar-refractivity contribution < 1.29 is 28.7 Å². The topological polar surface area (TPSA) is 123 Å². The molecule has 3 aromatic rings. The molecule has 4 rings (SSSR count). The molecule has 0 radical (unpaired) electrons. The van der Waals surface area contributed by atoms with E-state index in [2.05, 4.69) is 22.8 Å². The van der Waals surface area contributed by atoms with Crippen molar-refractivity contribution >= 4 is 46.3 Å². The number of rotatable bonds is 7. The van der Waals surface area contributed by atoms with E-state index in [0.29, 0.717) is 33.4 Å². The van der Waals surface area contributed by atoms with Crippen molar-refractivity contribution in [1.82, 2.24) is 5.43 Å². The second kappa shape index (κ2) is 12.5. The van der Waals surface area contributed by atoms with Crippen molar-refractivity contribution in [3.05, 3.63) is 81.2 Å². The normalized spacial score (nSPS) is 14.4. The number of aryl methyl sites for hydroxylation is 1. The fourth-order valence-corrected chi connectivity index (χ4v) is 5.61. The summed E-state index contributed by atoms with van der Waals surface area (Å²) in [6.45, 7) is 5.90. The van der Waals surface area contributed by atoms with Crippen molar-refractivity contribution in [2.24, 2.45) is 11.0 Å². The molecular formula is C29H29N3O6S. The Labute approximate surface area is 230 Å². The Bertz CT molecular complexity index is 1430. The molecule has 0 saturated carbocycles. The molecule has 39 heavy (non-hydrogen) atoms. The van der Waals surface area contributed by atoms with Crippen LogP contribution in [0.15, 0.2) is 53.6 Å². The van der Waals surface area contributed by atoms with Gasteiger partial charge in [-0.3, -0.25) is 9.59 Å². The predicted molar refractivity (Wildman–Crippen MR) is 148 cm³/mol. The van der Waals surface area contributed by atoms with E-state index in [-0.39, 0.29) is 6.61 Å². The molecule has 1 aliphatic carbocycles. The molecule has 9 nitrogen and oxygen atoms in total. The average molecular weight is 548 g/mol. The molecule has 1 atom stereocenters. The van der Waals surface area contributed by atoms with Gasteiger partial charge in [-0.05, 0) is 86.1 Å². The van der Waals surface area contributed by atoms with E-state index in [4.69, 9.17) is 9.47 Å². The molecule has 202 valence electrons. The summed E-state index contributed by atoms with van der Waals surface area (Å²) < 4.78 is 10.6. The number of anilines is 1. The zero-order chi connectivity index (χ0) is 27.9. The zero-order valence-electron chi connectivity index (χ0n) is 21.9. The number of hydrogen-bond donors (Lipinski definition) is 2. The molecule has 2 amide bonds. The fraction of sp³-hybridized carbons (Fsp3) is 0.276. The Balaban J connectivity index is 1.35. The smallest absolute Gasteiger partial charge is 0.343 e. The highest BCUT2D eigenvalue weighted by Crippen LogP contribution is 2.40. The number of nitrogens with zero attached hydrogens (tertiary/aromatic N) is 1. The summed E-state index contributed by atoms with van der Waals surface area (Å²) in [5, 5.41) is 6.70. The number of carbonyl (C=O) groups is 4. The number of nitrogens with one attached hydrogen (secondary N) is 2. The highest BCUT2D eigenvalue weighted by molar-refractivity contribution is 7.17. The van der Waals surface area contributed by atoms with Gasteiger partial charge >= 0.3 is 23.8 Å². The zero-order valence-corrected chi connectivity index (χ0v) is 22.7. The lowest BCUT2D eigenvalue weighted by atomic mass is 9.88. The minimum atomic E-state index is -0.982. The second-order valence-corrected chi connectivity index (χ2v) is 10.3. The molecule has 2 N–H and O–H groups in total. The third kappa shape index (κ3) is 6.77. The number of carbonyl (C=O) groups excluding carboxylic acids is 4. The molecule has 0 spiro atoms. The van der Waals surface area contributed by atoms with Gasteiger partial charge in [-0.25, -0.2) is 15.0 Å². The molecule has 1 aliphatic rings. The highest BCUT2D eigenvalue weighted by atomic mass is 32.1. The van der Waals surface area contributed by atoms with Crippen molar-refractivity contribution in [2.75, 3.05) is 11.9 Å². The summed E-state index contributed by atoms with van der Waals surface area (Å²) in [6.07, 6.45) is 3.82. The molecule has 0 fully saturated rings. The van der Waals surface area contributed by atoms with Crippen molar-refractivity contribution in [1.29, 1.82) is 0 Å². The number of amides is 2. The Kier molecular flexibility index (Phi) is 8.88. The van der Waals surface area contributed by atoms with Gasteiger partial charge in [-0.1, -0.05) is 25.1 Å². The summed E-state index contributed by atoms with van der Waals surface area (Å²) in [5.74, 6) is -2.06. The highest BCUT2D eigenvalue weighted by Gasteiger charge is 2.30. The predicted octanol–water partition coefficient (Wildman–Crippen LogP) is 4.67. The van der Waals surface area contributed by atoms with Crippen molar-refractivity contribution in [2.45, 2.75) is 40.0 Å². The van der Waals surface area contributed by atoms with Crippen LogP contribution in [-0.2, 0) is 27.2 Å². The first kappa shape index (κ1) is 27.7. The van der Waals surface area contributed by atoms with Crippen LogP contribution in [-0.4, -0.2) is 36.6 Å². The lowest BCUT2D eigenvalue weighted by Crippen LogP contribution is -2.32. The monoisotopic (exact) mass is 547 g/mol. The average Bonchev–Trinajstić information content (AvgIpc) is 3.26. The number of thiophene rings is 1. The van der Waals surface area contributed by atoms with Crippen molar-refractivity contribution in [3.8, 4) is 5.75 Å². The maximum atomic E-state index is 12.6. The second-order valence-electron chi connectivity index (χ2n) is 9.20. The van der Waals surface area contributed by atoms with Crippen LogP contribution < -0.4 is 15.5 Å². The Morgan fingerprint density at radius 2 is 1.79 bits per heavy atom. The fourth-order valence-electron chi connectivity index (χ4n) is 4.22. The Morgan fingerprint density at radius 1 is 1.05 bits per heavy atom. The van der Waals surface area contributed by atoms with E-state index in [1.54, 1.807) is 43.3 Å². The SMILES string of the molecule is CCOC(=O)c1c(NC(=O)C(=O)N/N=C\c2ccc(OC(=O)c3ccccc3C)cc2)sc2c1CC[C@H](C)C2. The van der Waals surface area contributed by atoms with Crippen LogP contribution >= 0.6 is 11.3 Å². The first-order valence-electron chi connectivity index (χ1n) is 12.6. The van der Waals surface area contributed by atoms with Crippen molar-refractivity contribution in [3.63, 3.8) is 0 Å². The number of esters is 2. The van der Waals surface area contributed by atoms with Gasteiger partial charge in [0, 0.05) is 4.88 Å². The van der Waals surface area contributed by atoms with E-state index >= 15 is 0 Å². The van der Waals surface area contributed by atoms with Gasteiger partial charge in [0.1, 0.15) is 10.8 Å². The van der Waals surface area contributed by atoms with Crippen LogP contribution in [0.1, 0.15) is 62.6 Å². The van der Waals surface area contributed by atoms with Crippen LogP contribution in [0.25, 0.3) is 0 Å². The maximum absolute atomic E-state index is 12.6. The van der Waals surface area contributed by atoms with E-state index in [1.165, 1.54) is 17.6 Å². The minimum absolute atomic E-state index is 0.207. The summed E-state index contributed by atoms with van der Waals surface area (Å²) in [7, 11) is 0. The van der Waals surface area contributed by atoms with Crippen LogP contribution in [0, 0.1) is 12.8 Å². The quantitative estimate of drug-likeness (QED) is 0.146. The molecule has 0 saturated heterocycles. The van der Waals surface area contributed by atoms with Gasteiger partial charge in [0.25, 0.3) is 0 Å². The number of hydrazone groups is 1. The van der Waals surface area contributed by atoms with Crippen LogP contribution in [0.2, 0.25) is 0 Å². The number of ether oxygens (including phenoxy) is 2. The molecule has 0 unspecified atom stereocenters. The maximum Gasteiger partial charge on any atom is 0.343 e. The van der Waals surface area contributed by atoms with Gasteiger partial charge in [0.2, 0.25) is 0 Å². The Hall–Kier alpha value is -4.31. The summed E-state index contributed by atoms with van der Waals surface area (Å²) in [4.78, 5) is 50.9. The largest absolute Gasteiger partial charge is 0.462 e. The standard InChI is InChI=1S/C29H29N3O6S/c1-4-37-29(36)24-22-14-9-17(2)15-23(22)39-27(24)31-25(33)26(34)32-30-16-19-10-12-20(13-11-19)38-28(35)21-8-6-5-7-18(21)3/h5-8,10-13,16-17H,4,9,14-15H2,1-3H3,(H,31,33)(H,32,34)/b30-16-/t17-/m0/s1. The number of benzene rings is 2. The lowest BCUT2D eigenvalue weighted by Gasteiger charge is -2.18. The molecule has 1 heterocycles. The number of fused-ring (bicyclic) bond motifs is 1. The third-order valence-electron chi connectivity index (χ3n) is 6.26. The third-order valence-corrected chi connectivity index (χ3v) is 7.43. The van der Waals surface area contributed by atoms with E-state index in [9.17, 15) is 19.2 Å². The lowest BCUT2D eigenvalue weighted by molar-refractivity contribution is -0.136. The molecule has 10 heteroatoms. The van der Waals surface area contributed by atoms with Gasteiger partial charge in [0.15, 0.2) is 0 Å². The molecule has 0 bridgehead atoms. The van der Waals surface area contributed by atoms with Gasteiger partial charge in [-0.2, -0.15) is 5.10 Å². The van der Waals surface area contributed by atoms with E-state index in [0.717, 1.165) is 35.3 Å². The molecular weight excluding hydrogens is 518 g/mol. The first-order chi connectivity index (χ1) is 18.8. The molecule has 0 aliphatic heterocycles. The van der Waals surface area contributed by atoms with Crippen LogP contribution in [0.4, 0.5) is 5.00 Å². The summed E-state index contributed by atoms with van der Waals surface area (Å²) >= 11 is 1.30. The molecule has 1 aromatic heterocycles. The van der Waals surface area contributed by atoms with E-state index < -0.39 is 23.8 Å². The van der Waals surface area contributed by atoms with Crippen LogP contribution in [0.5, 0.6) is 5.75 Å². The van der Waals surface area contributed by atoms with Gasteiger partial charge in [-0.15, -0.1) is 11.3 Å². The minimum Gasteiger partial charge on any atom is -0.462 e.